The smallest absolute Gasteiger partial charge is 0.167 e. The predicted molar refractivity (Wildman–Crippen MR) is 126 cm³/mol. The van der Waals surface area contributed by atoms with Crippen LogP contribution in [0.15, 0.2) is 24.3 Å². The summed E-state index contributed by atoms with van der Waals surface area (Å²) in [6.45, 7) is 0. The number of methoxy groups -OCH3 is 2. The Labute approximate surface area is 204 Å². The lowest BCUT2D eigenvalue weighted by molar-refractivity contribution is 0.387. The zero-order valence-electron chi connectivity index (χ0n) is 18.4. The molecule has 0 amide bonds. The van der Waals surface area contributed by atoms with Crippen LogP contribution in [-0.4, -0.2) is 34.2 Å². The van der Waals surface area contributed by atoms with Crippen LogP contribution in [0.3, 0.4) is 0 Å². The minimum atomic E-state index is -0.454. The number of aromatic nitrogens is 4. The van der Waals surface area contributed by atoms with Crippen molar-refractivity contribution in [2.45, 2.75) is 37.5 Å². The molecule has 34 heavy (non-hydrogen) atoms. The van der Waals surface area contributed by atoms with Crippen molar-refractivity contribution in [2.24, 2.45) is 0 Å². The number of hydrogen-bond donors (Lipinski definition) is 0. The van der Waals surface area contributed by atoms with E-state index in [2.05, 4.69) is 19.9 Å². The Bertz CT molecular complexity index is 1410. The number of nitrogens with zero attached hydrogens (tertiary/aromatic N) is 4. The number of hydrogen-bond acceptors (Lipinski definition) is 6. The van der Waals surface area contributed by atoms with E-state index in [9.17, 15) is 8.78 Å². The monoisotopic (exact) mass is 504 g/mol. The van der Waals surface area contributed by atoms with Crippen molar-refractivity contribution in [3.63, 3.8) is 0 Å². The molecule has 176 valence electrons. The molecule has 0 saturated heterocycles. The maximum atomic E-state index is 13.5. The van der Waals surface area contributed by atoms with Crippen molar-refractivity contribution in [1.29, 1.82) is 0 Å². The summed E-state index contributed by atoms with van der Waals surface area (Å²) < 4.78 is 36.9. The second kappa shape index (κ2) is 9.07. The second-order valence-corrected chi connectivity index (χ2v) is 9.01. The maximum absolute atomic E-state index is 13.5. The Morgan fingerprint density at radius 2 is 1.00 bits per heavy atom. The number of benzene rings is 2. The molecule has 2 saturated carbocycles. The highest BCUT2D eigenvalue weighted by Gasteiger charge is 2.29. The SMILES string of the molecule is COc1cc2nc(C3CC3)c(Cl)nc2cc1F.COc1cc2nc(Cl)c(C3CC3)nc2cc1F. The topological polar surface area (TPSA) is 70.0 Å². The van der Waals surface area contributed by atoms with Crippen LogP contribution >= 0.6 is 23.2 Å². The molecule has 4 aromatic rings. The molecule has 0 atom stereocenters. The highest BCUT2D eigenvalue weighted by molar-refractivity contribution is 6.30. The van der Waals surface area contributed by atoms with Crippen molar-refractivity contribution in [3.8, 4) is 11.5 Å². The van der Waals surface area contributed by atoms with Crippen molar-refractivity contribution in [2.75, 3.05) is 14.2 Å². The summed E-state index contributed by atoms with van der Waals surface area (Å²) in [7, 11) is 2.84. The number of halogens is 4. The van der Waals surface area contributed by atoms with Gasteiger partial charge in [-0.25, -0.2) is 28.7 Å². The molecule has 0 bridgehead atoms. The van der Waals surface area contributed by atoms with E-state index in [0.717, 1.165) is 37.1 Å². The van der Waals surface area contributed by atoms with Crippen LogP contribution in [0.5, 0.6) is 11.5 Å². The normalized spacial score (nSPS) is 15.2. The summed E-state index contributed by atoms with van der Waals surface area (Å²) in [4.78, 5) is 17.3. The zero-order chi connectivity index (χ0) is 24.0. The van der Waals surface area contributed by atoms with E-state index in [1.807, 2.05) is 0 Å². The second-order valence-electron chi connectivity index (χ2n) is 8.30. The van der Waals surface area contributed by atoms with Gasteiger partial charge in [0.1, 0.15) is 0 Å². The summed E-state index contributed by atoms with van der Waals surface area (Å²) in [6, 6.07) is 5.70. The van der Waals surface area contributed by atoms with Gasteiger partial charge in [-0.3, -0.25) is 0 Å². The molecule has 2 fully saturated rings. The molecule has 0 N–H and O–H groups in total. The predicted octanol–water partition coefficient (Wildman–Crippen LogP) is 6.62. The Kier molecular flexibility index (Phi) is 6.12. The van der Waals surface area contributed by atoms with Gasteiger partial charge in [0.15, 0.2) is 33.4 Å². The average Bonchev–Trinajstić information content (AvgIpc) is 3.72. The van der Waals surface area contributed by atoms with E-state index in [4.69, 9.17) is 32.7 Å². The van der Waals surface area contributed by atoms with Crippen molar-refractivity contribution < 1.29 is 18.3 Å². The van der Waals surface area contributed by atoms with Gasteiger partial charge in [-0.2, -0.15) is 0 Å². The fraction of sp³-hybridized carbons (Fsp3) is 0.333. The van der Waals surface area contributed by atoms with E-state index in [0.29, 0.717) is 44.2 Å². The molecule has 2 heterocycles. The lowest BCUT2D eigenvalue weighted by Crippen LogP contribution is -1.96. The standard InChI is InChI=1S/2C12H10ClFN2O/c1-17-10-5-9-8(4-7(10)14)16-12(13)11(15-9)6-2-3-6;1-17-10-5-9-8(4-7(10)14)15-11(6-2-3-6)12(13)16-9/h2*4-6H,2-3H2,1H3. The van der Waals surface area contributed by atoms with Crippen LogP contribution < -0.4 is 9.47 Å². The molecular weight excluding hydrogens is 485 g/mol. The largest absolute Gasteiger partial charge is 0.494 e. The maximum Gasteiger partial charge on any atom is 0.167 e. The Morgan fingerprint density at radius 3 is 1.38 bits per heavy atom. The Morgan fingerprint density at radius 1 is 0.647 bits per heavy atom. The fourth-order valence-corrected chi connectivity index (χ4v) is 4.22. The first-order chi connectivity index (χ1) is 16.4. The van der Waals surface area contributed by atoms with Gasteiger partial charge in [0.25, 0.3) is 0 Å². The quantitative estimate of drug-likeness (QED) is 0.311. The molecule has 2 aliphatic carbocycles. The average molecular weight is 505 g/mol. The first-order valence-corrected chi connectivity index (χ1v) is 11.5. The summed E-state index contributed by atoms with van der Waals surface area (Å²) in [6.07, 6.45) is 4.35. The van der Waals surface area contributed by atoms with Crippen LogP contribution in [0.2, 0.25) is 10.3 Å². The van der Waals surface area contributed by atoms with E-state index in [-0.39, 0.29) is 11.5 Å². The Balaban J connectivity index is 0.000000142. The summed E-state index contributed by atoms with van der Waals surface area (Å²) >= 11 is 12.1. The third-order valence-electron chi connectivity index (χ3n) is 5.77. The van der Waals surface area contributed by atoms with Gasteiger partial charge in [-0.05, 0) is 25.7 Å². The van der Waals surface area contributed by atoms with Gasteiger partial charge in [-0.1, -0.05) is 23.2 Å². The lowest BCUT2D eigenvalue weighted by Gasteiger charge is -2.06. The third kappa shape index (κ3) is 4.57. The molecule has 0 unspecified atom stereocenters. The van der Waals surface area contributed by atoms with Gasteiger partial charge >= 0.3 is 0 Å². The molecule has 2 aromatic carbocycles. The van der Waals surface area contributed by atoms with Crippen molar-refractivity contribution in [3.05, 3.63) is 57.6 Å². The van der Waals surface area contributed by atoms with Gasteiger partial charge in [0, 0.05) is 36.1 Å². The molecule has 0 spiro atoms. The molecule has 0 radical (unpaired) electrons. The summed E-state index contributed by atoms with van der Waals surface area (Å²) in [5, 5.41) is 0.790. The molecular formula is C24H20Cl2F2N4O2. The molecule has 2 aromatic heterocycles. The molecule has 6 nitrogen and oxygen atoms in total. The van der Waals surface area contributed by atoms with E-state index in [1.54, 1.807) is 6.07 Å². The van der Waals surface area contributed by atoms with Crippen molar-refractivity contribution in [1.82, 2.24) is 19.9 Å². The van der Waals surface area contributed by atoms with Crippen LogP contribution in [0.4, 0.5) is 8.78 Å². The number of ether oxygens (including phenoxy) is 2. The minimum absolute atomic E-state index is 0.155. The molecule has 6 rings (SSSR count). The van der Waals surface area contributed by atoms with Crippen LogP contribution in [0, 0.1) is 11.6 Å². The third-order valence-corrected chi connectivity index (χ3v) is 6.32. The Hall–Kier alpha value is -2.84. The summed E-state index contributed by atoms with van der Waals surface area (Å²) in [5.41, 5.74) is 3.75. The van der Waals surface area contributed by atoms with Crippen molar-refractivity contribution >= 4 is 45.3 Å². The van der Waals surface area contributed by atoms with Gasteiger partial charge in [-0.15, -0.1) is 0 Å². The molecule has 10 heteroatoms. The minimum Gasteiger partial charge on any atom is -0.494 e. The van der Waals surface area contributed by atoms with Gasteiger partial charge in [0.05, 0.1) is 47.7 Å². The van der Waals surface area contributed by atoms with Gasteiger partial charge < -0.3 is 9.47 Å². The van der Waals surface area contributed by atoms with E-state index >= 15 is 0 Å². The first kappa shape index (κ1) is 22.9. The van der Waals surface area contributed by atoms with Gasteiger partial charge in [0.2, 0.25) is 0 Å². The highest BCUT2D eigenvalue weighted by Crippen LogP contribution is 2.43. The van der Waals surface area contributed by atoms with E-state index < -0.39 is 11.6 Å². The zero-order valence-corrected chi connectivity index (χ0v) is 19.9. The highest BCUT2D eigenvalue weighted by atomic mass is 35.5. The van der Waals surface area contributed by atoms with E-state index in [1.165, 1.54) is 32.4 Å². The number of fused-ring (bicyclic) bond motifs is 2. The molecule has 2 aliphatic rings. The van der Waals surface area contributed by atoms with Crippen LogP contribution in [0.1, 0.15) is 48.9 Å². The summed E-state index contributed by atoms with van der Waals surface area (Å²) in [5.74, 6) is 0.251. The lowest BCUT2D eigenvalue weighted by atomic mass is 10.2. The van der Waals surface area contributed by atoms with Crippen LogP contribution in [0.25, 0.3) is 22.1 Å². The molecule has 0 aliphatic heterocycles. The number of rotatable bonds is 4. The fourth-order valence-electron chi connectivity index (χ4n) is 3.65. The first-order valence-electron chi connectivity index (χ1n) is 10.8. The van der Waals surface area contributed by atoms with Crippen LogP contribution in [-0.2, 0) is 0 Å².